The molecule has 0 aliphatic rings. The van der Waals surface area contributed by atoms with Gasteiger partial charge < -0.3 is 14.9 Å². The molecule has 1 rings (SSSR count). The first-order valence-electron chi connectivity index (χ1n) is 7.28. The summed E-state index contributed by atoms with van der Waals surface area (Å²) in [5.41, 5.74) is 3.15. The zero-order valence-electron chi connectivity index (χ0n) is 13.6. The van der Waals surface area contributed by atoms with E-state index >= 15 is 0 Å². The lowest BCUT2D eigenvalue weighted by Crippen LogP contribution is -2.40. The summed E-state index contributed by atoms with van der Waals surface area (Å²) in [6.07, 6.45) is 2.87. The van der Waals surface area contributed by atoms with Crippen molar-refractivity contribution in [2.75, 3.05) is 32.1 Å². The molecular formula is C17H26N2O2. The lowest BCUT2D eigenvalue weighted by atomic mass is 10.1. The molecule has 4 nitrogen and oxygen atoms in total. The summed E-state index contributed by atoms with van der Waals surface area (Å²) < 4.78 is 0. The molecule has 116 valence electrons. The lowest BCUT2D eigenvalue weighted by molar-refractivity contribution is -0.131. The van der Waals surface area contributed by atoms with Gasteiger partial charge in [0.1, 0.15) is 0 Å². The summed E-state index contributed by atoms with van der Waals surface area (Å²) in [6.45, 7) is 8.15. The van der Waals surface area contributed by atoms with Crippen LogP contribution in [-0.2, 0) is 4.79 Å². The summed E-state index contributed by atoms with van der Waals surface area (Å²) >= 11 is 0. The normalized spacial score (nSPS) is 12.9. The van der Waals surface area contributed by atoms with Gasteiger partial charge in [-0.25, -0.2) is 4.79 Å². The van der Waals surface area contributed by atoms with Crippen molar-refractivity contribution in [2.24, 2.45) is 0 Å². The SMILES string of the molecule is CCN(c1ccc(C)cc1/C=C/C(=O)O)C(C)CN(C)C. The molecule has 0 aliphatic heterocycles. The quantitative estimate of drug-likeness (QED) is 0.784. The Balaban J connectivity index is 3.16. The van der Waals surface area contributed by atoms with Gasteiger partial charge in [0.05, 0.1) is 0 Å². The largest absolute Gasteiger partial charge is 0.478 e. The summed E-state index contributed by atoms with van der Waals surface area (Å²) in [4.78, 5) is 15.2. The van der Waals surface area contributed by atoms with Crippen molar-refractivity contribution >= 4 is 17.7 Å². The standard InChI is InChI=1S/C17H26N2O2/c1-6-19(14(3)12-18(4)5)16-9-7-13(2)11-15(16)8-10-17(20)21/h7-11,14H,6,12H2,1-5H3,(H,20,21)/b10-8+. The number of benzene rings is 1. The van der Waals surface area contributed by atoms with Crippen LogP contribution in [-0.4, -0.2) is 49.2 Å². The van der Waals surface area contributed by atoms with Gasteiger partial charge in [0.2, 0.25) is 0 Å². The van der Waals surface area contributed by atoms with Crippen LogP contribution in [0.3, 0.4) is 0 Å². The highest BCUT2D eigenvalue weighted by molar-refractivity contribution is 5.87. The molecule has 0 aliphatic carbocycles. The number of likely N-dealkylation sites (N-methyl/N-ethyl adjacent to an activating group) is 2. The van der Waals surface area contributed by atoms with Crippen LogP contribution in [0.4, 0.5) is 5.69 Å². The molecule has 0 radical (unpaired) electrons. The van der Waals surface area contributed by atoms with Gasteiger partial charge in [-0.05, 0) is 58.6 Å². The molecule has 4 heteroatoms. The van der Waals surface area contributed by atoms with E-state index in [1.165, 1.54) is 6.08 Å². The van der Waals surface area contributed by atoms with Gasteiger partial charge >= 0.3 is 5.97 Å². The van der Waals surface area contributed by atoms with E-state index in [4.69, 9.17) is 5.11 Å². The molecule has 1 unspecified atom stereocenters. The van der Waals surface area contributed by atoms with Crippen LogP contribution >= 0.6 is 0 Å². The van der Waals surface area contributed by atoms with E-state index in [0.717, 1.165) is 29.9 Å². The molecule has 1 N–H and O–H groups in total. The molecule has 0 fully saturated rings. The molecule has 1 aromatic carbocycles. The van der Waals surface area contributed by atoms with Gasteiger partial charge in [0.25, 0.3) is 0 Å². The minimum atomic E-state index is -0.924. The summed E-state index contributed by atoms with van der Waals surface area (Å²) in [5, 5.41) is 8.85. The van der Waals surface area contributed by atoms with Gasteiger partial charge in [-0.1, -0.05) is 11.6 Å². The molecule has 21 heavy (non-hydrogen) atoms. The number of carboxylic acids is 1. The van der Waals surface area contributed by atoms with Crippen molar-refractivity contribution in [3.63, 3.8) is 0 Å². The molecular weight excluding hydrogens is 264 g/mol. The smallest absolute Gasteiger partial charge is 0.328 e. The third-order valence-corrected chi connectivity index (χ3v) is 3.40. The molecule has 0 amide bonds. The minimum absolute atomic E-state index is 0.352. The van der Waals surface area contributed by atoms with Crippen molar-refractivity contribution in [2.45, 2.75) is 26.8 Å². The Morgan fingerprint density at radius 2 is 2.05 bits per heavy atom. The van der Waals surface area contributed by atoms with E-state index in [1.54, 1.807) is 6.08 Å². The van der Waals surface area contributed by atoms with Crippen molar-refractivity contribution < 1.29 is 9.90 Å². The van der Waals surface area contributed by atoms with Gasteiger partial charge in [-0.15, -0.1) is 0 Å². The van der Waals surface area contributed by atoms with Gasteiger partial charge in [0, 0.05) is 30.9 Å². The topological polar surface area (TPSA) is 43.8 Å². The second-order valence-corrected chi connectivity index (χ2v) is 5.63. The van der Waals surface area contributed by atoms with Crippen molar-refractivity contribution in [3.8, 4) is 0 Å². The molecule has 0 aromatic heterocycles. The fourth-order valence-corrected chi connectivity index (χ4v) is 2.58. The van der Waals surface area contributed by atoms with E-state index in [-0.39, 0.29) is 0 Å². The highest BCUT2D eigenvalue weighted by Gasteiger charge is 2.16. The fraction of sp³-hybridized carbons (Fsp3) is 0.471. The Kier molecular flexibility index (Phi) is 6.43. The maximum absolute atomic E-state index is 10.8. The molecule has 0 saturated heterocycles. The number of aliphatic carboxylic acids is 1. The minimum Gasteiger partial charge on any atom is -0.478 e. The third-order valence-electron chi connectivity index (χ3n) is 3.40. The Morgan fingerprint density at radius 3 is 2.57 bits per heavy atom. The van der Waals surface area contributed by atoms with E-state index in [9.17, 15) is 4.79 Å². The van der Waals surface area contributed by atoms with E-state index in [1.807, 2.05) is 13.0 Å². The maximum Gasteiger partial charge on any atom is 0.328 e. The van der Waals surface area contributed by atoms with Crippen LogP contribution in [0.25, 0.3) is 6.08 Å². The number of hydrogen-bond acceptors (Lipinski definition) is 3. The molecule has 0 heterocycles. The van der Waals surface area contributed by atoms with Gasteiger partial charge in [-0.3, -0.25) is 0 Å². The highest BCUT2D eigenvalue weighted by Crippen LogP contribution is 2.25. The second kappa shape index (κ2) is 7.84. The van der Waals surface area contributed by atoms with Crippen LogP contribution < -0.4 is 4.90 Å². The zero-order chi connectivity index (χ0) is 16.0. The average molecular weight is 290 g/mol. The Labute approximate surface area is 127 Å². The predicted molar refractivity (Wildman–Crippen MR) is 88.9 cm³/mol. The molecule has 1 atom stereocenters. The number of nitrogens with zero attached hydrogens (tertiary/aromatic N) is 2. The van der Waals surface area contributed by atoms with E-state index < -0.39 is 5.97 Å². The number of aryl methyl sites for hydroxylation is 1. The number of hydrogen-bond donors (Lipinski definition) is 1. The zero-order valence-corrected chi connectivity index (χ0v) is 13.6. The van der Waals surface area contributed by atoms with Crippen molar-refractivity contribution in [1.82, 2.24) is 4.90 Å². The van der Waals surface area contributed by atoms with E-state index in [2.05, 4.69) is 49.9 Å². The summed E-state index contributed by atoms with van der Waals surface area (Å²) in [7, 11) is 4.12. The first-order valence-corrected chi connectivity index (χ1v) is 7.28. The molecule has 1 aromatic rings. The Bertz CT molecular complexity index is 510. The second-order valence-electron chi connectivity index (χ2n) is 5.63. The van der Waals surface area contributed by atoms with Crippen LogP contribution in [0, 0.1) is 6.92 Å². The molecule has 0 saturated carbocycles. The maximum atomic E-state index is 10.8. The predicted octanol–water partition coefficient (Wildman–Crippen LogP) is 2.87. The third kappa shape index (κ3) is 5.23. The van der Waals surface area contributed by atoms with Crippen LogP contribution in [0.2, 0.25) is 0 Å². The number of rotatable bonds is 7. The van der Waals surface area contributed by atoms with Crippen molar-refractivity contribution in [1.29, 1.82) is 0 Å². The Hall–Kier alpha value is -1.81. The van der Waals surface area contributed by atoms with Crippen molar-refractivity contribution in [3.05, 3.63) is 35.4 Å². The summed E-state index contributed by atoms with van der Waals surface area (Å²) in [5.74, 6) is -0.924. The Morgan fingerprint density at radius 1 is 1.38 bits per heavy atom. The molecule has 0 bridgehead atoms. The van der Waals surface area contributed by atoms with Crippen LogP contribution in [0.1, 0.15) is 25.0 Å². The van der Waals surface area contributed by atoms with Gasteiger partial charge in [-0.2, -0.15) is 0 Å². The monoisotopic (exact) mass is 290 g/mol. The lowest BCUT2D eigenvalue weighted by Gasteiger charge is -2.33. The highest BCUT2D eigenvalue weighted by atomic mass is 16.4. The first-order chi connectivity index (χ1) is 9.85. The summed E-state index contributed by atoms with van der Waals surface area (Å²) in [6, 6.07) is 6.52. The van der Waals surface area contributed by atoms with Gasteiger partial charge in [0.15, 0.2) is 0 Å². The van der Waals surface area contributed by atoms with Crippen LogP contribution in [0.15, 0.2) is 24.3 Å². The molecule has 0 spiro atoms. The van der Waals surface area contributed by atoms with E-state index in [0.29, 0.717) is 6.04 Å². The first kappa shape index (κ1) is 17.2. The number of carboxylic acid groups (broad SMARTS) is 1. The number of carbonyl (C=O) groups is 1. The average Bonchev–Trinajstić information content (AvgIpc) is 2.38. The number of anilines is 1. The fourth-order valence-electron chi connectivity index (χ4n) is 2.58. The van der Waals surface area contributed by atoms with Crippen LogP contribution in [0.5, 0.6) is 0 Å².